The molecular weight excluding hydrogens is 732 g/mol. The van der Waals surface area contributed by atoms with Gasteiger partial charge in [-0.3, -0.25) is 9.69 Å². The van der Waals surface area contributed by atoms with Crippen molar-refractivity contribution in [3.05, 3.63) is 90.6 Å². The lowest BCUT2D eigenvalue weighted by atomic mass is 9.55. The Morgan fingerprint density at radius 3 is 2.49 bits per heavy atom. The number of benzene rings is 2. The second-order valence-electron chi connectivity index (χ2n) is 14.5. The zero-order valence-electron chi connectivity index (χ0n) is 33.0. The summed E-state index contributed by atoms with van der Waals surface area (Å²) in [4.78, 5) is 32.9. The van der Waals surface area contributed by atoms with Crippen LogP contribution in [0.5, 0.6) is 17.2 Å². The molecule has 2 aliphatic carbocycles. The van der Waals surface area contributed by atoms with Crippen molar-refractivity contribution in [2.45, 2.75) is 69.1 Å². The standard InChI is InChI=1S/C44H58N2O11/c1-4-6-23-54-43(51)46(18-24-53-25-21-49)40-29-38(45-52-3)36-27-32(13-7-9-19-47)35(15-8-10-20-48)41-37-28-34(56-33-14-11-12-31(26-33)30-50)16-17-39(37)57-44(40,42(36)41)55-22-5-2/h4-5,11-12,14,16-17,26-28,30,32,35,40-42,47-49H,1-2,6-10,13,15,18-25,29H2,3H3/t32-,35+,40-,41+,42+,44+/m0/s1. The first kappa shape index (κ1) is 43.6. The van der Waals surface area contributed by atoms with Gasteiger partial charge in [0.05, 0.1) is 44.7 Å². The summed E-state index contributed by atoms with van der Waals surface area (Å²) >= 11 is 0. The molecule has 0 saturated heterocycles. The Balaban J connectivity index is 1.74. The van der Waals surface area contributed by atoms with E-state index in [1.54, 1.807) is 41.3 Å². The van der Waals surface area contributed by atoms with Gasteiger partial charge in [-0.25, -0.2) is 4.79 Å². The number of carbonyl (C=O) groups is 2. The molecule has 1 amide bonds. The van der Waals surface area contributed by atoms with E-state index in [1.165, 1.54) is 7.11 Å². The van der Waals surface area contributed by atoms with Crippen LogP contribution in [0, 0.1) is 17.8 Å². The van der Waals surface area contributed by atoms with E-state index in [0.717, 1.165) is 43.1 Å². The van der Waals surface area contributed by atoms with E-state index in [2.05, 4.69) is 24.4 Å². The van der Waals surface area contributed by atoms with E-state index in [1.807, 2.05) is 18.2 Å². The zero-order valence-corrected chi connectivity index (χ0v) is 33.0. The third kappa shape index (κ3) is 10.3. The van der Waals surface area contributed by atoms with Crippen molar-refractivity contribution in [1.29, 1.82) is 0 Å². The van der Waals surface area contributed by atoms with Gasteiger partial charge in [-0.05, 0) is 79.8 Å². The van der Waals surface area contributed by atoms with Crippen LogP contribution < -0.4 is 9.47 Å². The van der Waals surface area contributed by atoms with Gasteiger partial charge >= 0.3 is 6.09 Å². The highest BCUT2D eigenvalue weighted by Crippen LogP contribution is 2.62. The summed E-state index contributed by atoms with van der Waals surface area (Å²) < 4.78 is 32.0. The highest BCUT2D eigenvalue weighted by Gasteiger charge is 2.65. The molecule has 310 valence electrons. The summed E-state index contributed by atoms with van der Waals surface area (Å²) in [5, 5.41) is 33.7. The average molecular weight is 791 g/mol. The first-order valence-electron chi connectivity index (χ1n) is 20.0. The normalized spacial score (nSPS) is 24.0. The summed E-state index contributed by atoms with van der Waals surface area (Å²) in [6, 6.07) is 11.8. The fourth-order valence-electron chi connectivity index (χ4n) is 8.63. The highest BCUT2D eigenvalue weighted by atomic mass is 16.7. The fourth-order valence-corrected chi connectivity index (χ4v) is 8.63. The van der Waals surface area contributed by atoms with Gasteiger partial charge < -0.3 is 43.8 Å². The second-order valence-corrected chi connectivity index (χ2v) is 14.5. The number of hydrogen-bond donors (Lipinski definition) is 3. The molecular formula is C44H58N2O11. The lowest BCUT2D eigenvalue weighted by Crippen LogP contribution is -2.70. The minimum absolute atomic E-state index is 0.00964. The number of aliphatic hydroxyl groups is 3. The van der Waals surface area contributed by atoms with Gasteiger partial charge in [-0.1, -0.05) is 48.4 Å². The van der Waals surface area contributed by atoms with Crippen molar-refractivity contribution >= 4 is 18.1 Å². The number of fused-ring (bicyclic) bond motifs is 2. The Hall–Kier alpha value is -4.53. The van der Waals surface area contributed by atoms with Gasteiger partial charge in [-0.15, -0.1) is 13.2 Å². The molecule has 1 saturated carbocycles. The summed E-state index contributed by atoms with van der Waals surface area (Å²) in [5.74, 6) is -0.600. The molecule has 0 aromatic heterocycles. The number of allylic oxidation sites excluding steroid dienone is 1. The number of aliphatic hydroxyl groups excluding tert-OH is 3. The number of unbranched alkanes of at least 4 members (excludes halogenated alkanes) is 2. The van der Waals surface area contributed by atoms with Gasteiger partial charge in [-0.2, -0.15) is 0 Å². The van der Waals surface area contributed by atoms with Gasteiger partial charge in [0, 0.05) is 43.2 Å². The van der Waals surface area contributed by atoms with Crippen LogP contribution in [-0.2, 0) is 19.0 Å². The molecule has 1 fully saturated rings. The maximum atomic E-state index is 14.2. The zero-order chi connectivity index (χ0) is 40.6. The van der Waals surface area contributed by atoms with Crippen molar-refractivity contribution in [3.8, 4) is 17.2 Å². The summed E-state index contributed by atoms with van der Waals surface area (Å²) in [7, 11) is 1.50. The second kappa shape index (κ2) is 21.8. The predicted octanol–water partition coefficient (Wildman–Crippen LogP) is 6.58. The van der Waals surface area contributed by atoms with Crippen molar-refractivity contribution < 1.29 is 53.4 Å². The largest absolute Gasteiger partial charge is 0.459 e. The molecule has 13 nitrogen and oxygen atoms in total. The molecule has 0 spiro atoms. The minimum atomic E-state index is -1.48. The third-order valence-corrected chi connectivity index (χ3v) is 10.9. The van der Waals surface area contributed by atoms with E-state index in [4.69, 9.17) is 28.5 Å². The highest BCUT2D eigenvalue weighted by molar-refractivity contribution is 6.03. The maximum absolute atomic E-state index is 14.2. The molecule has 0 bridgehead atoms. The Morgan fingerprint density at radius 2 is 1.77 bits per heavy atom. The van der Waals surface area contributed by atoms with Gasteiger partial charge in [0.1, 0.15) is 36.7 Å². The van der Waals surface area contributed by atoms with Crippen LogP contribution in [0.1, 0.15) is 73.2 Å². The van der Waals surface area contributed by atoms with E-state index in [0.29, 0.717) is 47.8 Å². The molecule has 2 aromatic carbocycles. The topological polar surface area (TPSA) is 166 Å². The van der Waals surface area contributed by atoms with E-state index in [-0.39, 0.29) is 77.0 Å². The molecule has 13 heteroatoms. The molecule has 57 heavy (non-hydrogen) atoms. The van der Waals surface area contributed by atoms with Crippen molar-refractivity contribution in [3.63, 3.8) is 0 Å². The maximum Gasteiger partial charge on any atom is 0.410 e. The van der Waals surface area contributed by atoms with Crippen LogP contribution in [0.25, 0.3) is 0 Å². The van der Waals surface area contributed by atoms with Crippen LogP contribution in [0.4, 0.5) is 4.79 Å². The first-order valence-corrected chi connectivity index (χ1v) is 20.0. The number of ether oxygens (including phenoxy) is 5. The molecule has 6 atom stereocenters. The van der Waals surface area contributed by atoms with Gasteiger partial charge in [0.15, 0.2) is 0 Å². The number of amides is 1. The van der Waals surface area contributed by atoms with Crippen LogP contribution in [0.15, 0.2) is 84.6 Å². The molecule has 2 aromatic rings. The predicted molar refractivity (Wildman–Crippen MR) is 215 cm³/mol. The molecule has 0 radical (unpaired) electrons. The Kier molecular flexibility index (Phi) is 16.7. The molecule has 0 unspecified atom stereocenters. The molecule has 1 heterocycles. The van der Waals surface area contributed by atoms with Gasteiger partial charge in [0.2, 0.25) is 5.79 Å². The summed E-state index contributed by atoms with van der Waals surface area (Å²) in [6.07, 6.45) is 10.8. The quantitative estimate of drug-likeness (QED) is 0.0455. The van der Waals surface area contributed by atoms with E-state index in [9.17, 15) is 24.9 Å². The SMILES string of the molecule is C=CCCOC(=O)N(CCOCCO)[C@H]1CC(=NOC)C2=C[C@H](CCCCO)[C@@H](CCCCO)[C@@H]3c4cc(Oc5cccc(C=O)c5)ccc4O[C@@]1(OCC=C)[C@H]23. The monoisotopic (exact) mass is 790 g/mol. The lowest BCUT2D eigenvalue weighted by molar-refractivity contribution is -0.256. The number of nitrogens with zero attached hydrogens (tertiary/aromatic N) is 2. The van der Waals surface area contributed by atoms with Crippen molar-refractivity contribution in [1.82, 2.24) is 4.90 Å². The van der Waals surface area contributed by atoms with E-state index < -0.39 is 23.8 Å². The van der Waals surface area contributed by atoms with Crippen LogP contribution >= 0.6 is 0 Å². The number of oxime groups is 1. The average Bonchev–Trinajstić information content (AvgIpc) is 3.22. The molecule has 5 rings (SSSR count). The summed E-state index contributed by atoms with van der Waals surface area (Å²) in [6.45, 7) is 8.23. The Morgan fingerprint density at radius 1 is 0.982 bits per heavy atom. The minimum Gasteiger partial charge on any atom is -0.459 e. The Labute approximate surface area is 335 Å². The molecule has 3 aliphatic rings. The number of rotatable bonds is 24. The smallest absolute Gasteiger partial charge is 0.410 e. The van der Waals surface area contributed by atoms with E-state index >= 15 is 0 Å². The molecule has 3 N–H and O–H groups in total. The van der Waals surface area contributed by atoms with Gasteiger partial charge in [0.25, 0.3) is 0 Å². The number of carbonyl (C=O) groups excluding carboxylic acids is 2. The third-order valence-electron chi connectivity index (χ3n) is 10.9. The molecule has 1 aliphatic heterocycles. The van der Waals surface area contributed by atoms with Crippen molar-refractivity contribution in [2.24, 2.45) is 22.9 Å². The summed E-state index contributed by atoms with van der Waals surface area (Å²) in [5.41, 5.74) is 2.91. The first-order chi connectivity index (χ1) is 27.9. The lowest BCUT2D eigenvalue weighted by Gasteiger charge is -2.59. The Bertz CT molecular complexity index is 1710. The van der Waals surface area contributed by atoms with Crippen LogP contribution in [-0.4, -0.2) is 110 Å². The van der Waals surface area contributed by atoms with Crippen LogP contribution in [0.2, 0.25) is 0 Å². The number of aldehydes is 1. The fraction of sp³-hybridized carbons (Fsp3) is 0.523. The van der Waals surface area contributed by atoms with Crippen LogP contribution in [0.3, 0.4) is 0 Å². The number of hydrogen-bond acceptors (Lipinski definition) is 12. The van der Waals surface area contributed by atoms with Crippen molar-refractivity contribution in [2.75, 3.05) is 59.9 Å².